The molecule has 0 radical (unpaired) electrons. The lowest BCUT2D eigenvalue weighted by molar-refractivity contribution is -0.117. The number of aromatic amines is 1. The second-order valence-electron chi connectivity index (χ2n) is 6.13. The number of anilines is 1. The predicted molar refractivity (Wildman–Crippen MR) is 100 cm³/mol. The molecular weight excluding hydrogens is 332 g/mol. The highest BCUT2D eigenvalue weighted by Crippen LogP contribution is 2.30. The van der Waals surface area contributed by atoms with Crippen LogP contribution in [0.1, 0.15) is 21.6 Å². The van der Waals surface area contributed by atoms with Crippen LogP contribution in [0.25, 0.3) is 10.9 Å². The molecule has 134 valence electrons. The van der Waals surface area contributed by atoms with Crippen molar-refractivity contribution < 1.29 is 19.4 Å². The van der Waals surface area contributed by atoms with Crippen molar-refractivity contribution in [1.29, 1.82) is 0 Å². The third-order valence-electron chi connectivity index (χ3n) is 4.43. The quantitative estimate of drug-likeness (QED) is 0.737. The van der Waals surface area contributed by atoms with Gasteiger partial charge in [0, 0.05) is 23.5 Å². The van der Waals surface area contributed by atoms with Gasteiger partial charge in [0.1, 0.15) is 11.4 Å². The molecule has 1 amide bonds. The molecule has 6 heteroatoms. The molecular formula is C20H20N2O4. The number of ether oxygens (including phenoxy) is 1. The molecule has 0 atom stereocenters. The molecule has 0 fully saturated rings. The summed E-state index contributed by atoms with van der Waals surface area (Å²) in [6, 6.07) is 12.8. The first-order valence-electron chi connectivity index (χ1n) is 8.16. The molecule has 0 saturated carbocycles. The minimum atomic E-state index is -1.08. The van der Waals surface area contributed by atoms with Gasteiger partial charge < -0.3 is 19.7 Å². The molecule has 26 heavy (non-hydrogen) atoms. The van der Waals surface area contributed by atoms with Crippen molar-refractivity contribution in [2.45, 2.75) is 13.3 Å². The van der Waals surface area contributed by atoms with Gasteiger partial charge in [0.25, 0.3) is 0 Å². The van der Waals surface area contributed by atoms with Gasteiger partial charge in [-0.1, -0.05) is 24.3 Å². The van der Waals surface area contributed by atoms with Crippen LogP contribution in [-0.4, -0.2) is 36.1 Å². The summed E-state index contributed by atoms with van der Waals surface area (Å²) in [5.74, 6) is -0.718. The van der Waals surface area contributed by atoms with Gasteiger partial charge in [0.15, 0.2) is 0 Å². The minimum absolute atomic E-state index is 0.0285. The third-order valence-corrected chi connectivity index (χ3v) is 4.43. The Bertz CT molecular complexity index is 991. The van der Waals surface area contributed by atoms with Crippen molar-refractivity contribution >= 4 is 28.5 Å². The molecule has 0 unspecified atom stereocenters. The van der Waals surface area contributed by atoms with Crippen LogP contribution in [0.4, 0.5) is 5.69 Å². The third kappa shape index (κ3) is 3.13. The molecule has 0 aliphatic rings. The normalized spacial score (nSPS) is 10.7. The van der Waals surface area contributed by atoms with E-state index in [1.807, 2.05) is 43.3 Å². The summed E-state index contributed by atoms with van der Waals surface area (Å²) in [7, 11) is 3.21. The Kier molecular flexibility index (Phi) is 4.67. The summed E-state index contributed by atoms with van der Waals surface area (Å²) < 4.78 is 5.34. The first kappa shape index (κ1) is 17.5. The van der Waals surface area contributed by atoms with E-state index in [1.54, 1.807) is 20.2 Å². The van der Waals surface area contributed by atoms with Crippen LogP contribution in [0.2, 0.25) is 0 Å². The number of hydrogen-bond acceptors (Lipinski definition) is 3. The lowest BCUT2D eigenvalue weighted by Gasteiger charge is -2.20. The van der Waals surface area contributed by atoms with Crippen LogP contribution < -0.4 is 9.64 Å². The average molecular weight is 352 g/mol. The van der Waals surface area contributed by atoms with E-state index >= 15 is 0 Å². The van der Waals surface area contributed by atoms with Crippen molar-refractivity contribution in [3.63, 3.8) is 0 Å². The molecule has 0 spiro atoms. The monoisotopic (exact) mass is 352 g/mol. The zero-order valence-corrected chi connectivity index (χ0v) is 14.9. The summed E-state index contributed by atoms with van der Waals surface area (Å²) in [6.07, 6.45) is -0.0285. The van der Waals surface area contributed by atoms with Gasteiger partial charge in [0.2, 0.25) is 5.91 Å². The topological polar surface area (TPSA) is 82.6 Å². The molecule has 2 aromatic carbocycles. The van der Waals surface area contributed by atoms with Gasteiger partial charge in [-0.2, -0.15) is 0 Å². The summed E-state index contributed by atoms with van der Waals surface area (Å²) in [5, 5.41) is 10.2. The number of carbonyl (C=O) groups is 2. The van der Waals surface area contributed by atoms with Gasteiger partial charge in [-0.3, -0.25) is 4.79 Å². The number of hydrogen-bond donors (Lipinski definition) is 2. The molecule has 0 bridgehead atoms. The van der Waals surface area contributed by atoms with E-state index in [2.05, 4.69) is 4.98 Å². The molecule has 0 aliphatic carbocycles. The maximum atomic E-state index is 12.9. The van der Waals surface area contributed by atoms with E-state index in [0.29, 0.717) is 22.5 Å². The Balaban J connectivity index is 1.98. The molecule has 6 nitrogen and oxygen atoms in total. The fourth-order valence-corrected chi connectivity index (χ4v) is 3.03. The fraction of sp³-hybridized carbons (Fsp3) is 0.200. The van der Waals surface area contributed by atoms with Crippen LogP contribution in [0, 0.1) is 6.92 Å². The van der Waals surface area contributed by atoms with E-state index in [0.717, 1.165) is 10.9 Å². The highest BCUT2D eigenvalue weighted by molar-refractivity contribution is 6.03. The zero-order chi connectivity index (χ0) is 18.8. The van der Waals surface area contributed by atoms with Gasteiger partial charge >= 0.3 is 5.97 Å². The van der Waals surface area contributed by atoms with E-state index in [1.165, 1.54) is 4.90 Å². The van der Waals surface area contributed by atoms with Gasteiger partial charge in [-0.15, -0.1) is 0 Å². The zero-order valence-electron chi connectivity index (χ0n) is 14.9. The van der Waals surface area contributed by atoms with Crippen LogP contribution >= 0.6 is 0 Å². The number of nitrogens with zero attached hydrogens (tertiary/aromatic N) is 1. The fourth-order valence-electron chi connectivity index (χ4n) is 3.03. The number of benzene rings is 2. The number of methoxy groups -OCH3 is 1. The smallest absolute Gasteiger partial charge is 0.352 e. The number of carboxylic acids is 1. The number of likely N-dealkylation sites (N-methyl/N-ethyl adjacent to an activating group) is 1. The number of aromatic carboxylic acids is 1. The van der Waals surface area contributed by atoms with Crippen molar-refractivity contribution in [3.8, 4) is 5.75 Å². The number of aryl methyl sites for hydroxylation is 1. The first-order chi connectivity index (χ1) is 12.4. The summed E-state index contributed by atoms with van der Waals surface area (Å²) in [5.41, 5.74) is 2.87. The maximum absolute atomic E-state index is 12.9. The van der Waals surface area contributed by atoms with Crippen molar-refractivity contribution in [1.82, 2.24) is 4.98 Å². The van der Waals surface area contributed by atoms with E-state index < -0.39 is 5.97 Å². The van der Waals surface area contributed by atoms with Crippen LogP contribution in [-0.2, 0) is 11.2 Å². The Morgan fingerprint density at radius 2 is 1.92 bits per heavy atom. The number of nitrogens with one attached hydrogen (secondary N) is 1. The van der Waals surface area contributed by atoms with Crippen LogP contribution in [0.5, 0.6) is 5.75 Å². The number of aromatic nitrogens is 1. The van der Waals surface area contributed by atoms with Crippen LogP contribution in [0.3, 0.4) is 0 Å². The second kappa shape index (κ2) is 6.92. The number of carboxylic acid groups (broad SMARTS) is 1. The lowest BCUT2D eigenvalue weighted by atomic mass is 10.1. The highest BCUT2D eigenvalue weighted by Gasteiger charge is 2.22. The minimum Gasteiger partial charge on any atom is -0.495 e. The Morgan fingerprint density at radius 3 is 2.62 bits per heavy atom. The number of H-pyrrole nitrogens is 1. The molecule has 1 heterocycles. The number of rotatable bonds is 5. The Labute approximate surface area is 151 Å². The van der Waals surface area contributed by atoms with Crippen molar-refractivity contribution in [2.24, 2.45) is 0 Å². The number of para-hydroxylation sites is 1. The molecule has 1 aromatic heterocycles. The Hall–Kier alpha value is -3.28. The molecule has 3 aromatic rings. The Morgan fingerprint density at radius 1 is 1.19 bits per heavy atom. The van der Waals surface area contributed by atoms with Gasteiger partial charge in [-0.05, 0) is 30.7 Å². The number of fused-ring (bicyclic) bond motifs is 1. The van der Waals surface area contributed by atoms with E-state index in [-0.39, 0.29) is 18.0 Å². The molecule has 2 N–H and O–H groups in total. The summed E-state index contributed by atoms with van der Waals surface area (Å²) in [6.45, 7) is 1.93. The average Bonchev–Trinajstić information content (AvgIpc) is 3.00. The predicted octanol–water partition coefficient (Wildman–Crippen LogP) is 3.39. The molecule has 0 saturated heterocycles. The van der Waals surface area contributed by atoms with Crippen molar-refractivity contribution in [2.75, 3.05) is 19.1 Å². The summed E-state index contributed by atoms with van der Waals surface area (Å²) >= 11 is 0. The lowest BCUT2D eigenvalue weighted by Crippen LogP contribution is -2.28. The molecule has 3 rings (SSSR count). The first-order valence-corrected chi connectivity index (χ1v) is 8.16. The van der Waals surface area contributed by atoms with Gasteiger partial charge in [-0.25, -0.2) is 4.79 Å². The number of amides is 1. The standard InChI is InChI=1S/C20H20N2O4/c1-12-8-9-17(26-3)16(10-12)22(2)18(23)11-14-13-6-4-5-7-15(13)21-19(14)20(24)25/h4-10,21H,11H2,1-3H3,(H,24,25). The summed E-state index contributed by atoms with van der Waals surface area (Å²) in [4.78, 5) is 28.8. The van der Waals surface area contributed by atoms with Gasteiger partial charge in [0.05, 0.1) is 19.2 Å². The second-order valence-corrected chi connectivity index (χ2v) is 6.13. The maximum Gasteiger partial charge on any atom is 0.352 e. The van der Waals surface area contributed by atoms with E-state index in [9.17, 15) is 14.7 Å². The van der Waals surface area contributed by atoms with Crippen LogP contribution in [0.15, 0.2) is 42.5 Å². The largest absolute Gasteiger partial charge is 0.495 e. The number of carbonyl (C=O) groups excluding carboxylic acids is 1. The SMILES string of the molecule is COc1ccc(C)cc1N(C)C(=O)Cc1c(C(=O)O)[nH]c2ccccc12. The van der Waals surface area contributed by atoms with E-state index in [4.69, 9.17) is 4.74 Å². The van der Waals surface area contributed by atoms with Crippen molar-refractivity contribution in [3.05, 3.63) is 59.3 Å². The molecule has 0 aliphatic heterocycles. The highest BCUT2D eigenvalue weighted by atomic mass is 16.5.